The van der Waals surface area contributed by atoms with Crippen molar-refractivity contribution in [2.45, 2.75) is 53.9 Å². The molecule has 0 bridgehead atoms. The lowest BCUT2D eigenvalue weighted by molar-refractivity contribution is -0.138. The van der Waals surface area contributed by atoms with Crippen LogP contribution in [0.25, 0.3) is 22.6 Å². The fraction of sp³-hybridized carbons (Fsp3) is 0.286. The van der Waals surface area contributed by atoms with Crippen molar-refractivity contribution in [2.75, 3.05) is 0 Å². The molecule has 0 fully saturated rings. The molecule has 1 atom stereocenters. The van der Waals surface area contributed by atoms with Gasteiger partial charge in [-0.05, 0) is 35.7 Å². The highest BCUT2D eigenvalue weighted by Crippen LogP contribution is 2.30. The van der Waals surface area contributed by atoms with E-state index in [1.807, 2.05) is 120 Å². The summed E-state index contributed by atoms with van der Waals surface area (Å²) in [6, 6.07) is 24.6. The summed E-state index contributed by atoms with van der Waals surface area (Å²) in [4.78, 5) is 16.4. The number of aliphatic carboxylic acids is 1. The Hall–Kier alpha value is -3.40. The van der Waals surface area contributed by atoms with Gasteiger partial charge in [0.1, 0.15) is 5.52 Å². The molecule has 1 N–H and O–H groups in total. The van der Waals surface area contributed by atoms with E-state index in [0.29, 0.717) is 12.3 Å². The first-order chi connectivity index (χ1) is 15.7. The van der Waals surface area contributed by atoms with Crippen molar-refractivity contribution >= 4 is 17.1 Å². The summed E-state index contributed by atoms with van der Waals surface area (Å²) in [5.74, 6) is -0.954. The zero-order chi connectivity index (χ0) is 23.9. The molecule has 4 rings (SSSR count). The lowest BCUT2D eigenvalue weighted by Gasteiger charge is -2.14. The average molecular weight is 434 g/mol. The quantitative estimate of drug-likeness (QED) is 0.346. The van der Waals surface area contributed by atoms with Crippen LogP contribution in [0.1, 0.15) is 58.6 Å². The van der Waals surface area contributed by atoms with Gasteiger partial charge in [0.15, 0.2) is 5.58 Å². The molecule has 0 radical (unpaired) electrons. The van der Waals surface area contributed by atoms with E-state index in [-0.39, 0.29) is 0 Å². The molecule has 4 nitrogen and oxygen atoms in total. The Labute approximate surface area is 191 Å². The minimum Gasteiger partial charge on any atom is -0.481 e. The average Bonchev–Trinajstić information content (AvgIpc) is 3.31. The molecule has 3 aromatic carbocycles. The summed E-state index contributed by atoms with van der Waals surface area (Å²) < 4.78 is 5.88. The maximum atomic E-state index is 11.9. The van der Waals surface area contributed by atoms with Crippen molar-refractivity contribution < 1.29 is 14.3 Å². The molecule has 4 heteroatoms. The summed E-state index contributed by atoms with van der Waals surface area (Å²) in [7, 11) is 0. The minimum absolute atomic E-state index is 0.369. The first-order valence-electron chi connectivity index (χ1n) is 11.4. The highest BCUT2D eigenvalue weighted by Gasteiger charge is 2.22. The van der Waals surface area contributed by atoms with Gasteiger partial charge in [-0.1, -0.05) is 102 Å². The Morgan fingerprint density at radius 3 is 2.00 bits per heavy atom. The van der Waals surface area contributed by atoms with Gasteiger partial charge in [-0.2, -0.15) is 0 Å². The Morgan fingerprint density at radius 1 is 0.812 bits per heavy atom. The lowest BCUT2D eigenvalue weighted by atomic mass is 9.90. The van der Waals surface area contributed by atoms with Crippen LogP contribution in [-0.2, 0) is 11.2 Å². The van der Waals surface area contributed by atoms with Gasteiger partial charge in [0.05, 0.1) is 5.92 Å². The van der Waals surface area contributed by atoms with Crippen molar-refractivity contribution in [3.8, 4) is 11.5 Å². The fourth-order valence-electron chi connectivity index (χ4n) is 3.15. The number of nitrogens with zero attached hydrogens (tertiary/aromatic N) is 1. The first-order valence-corrected chi connectivity index (χ1v) is 11.4. The second-order valence-corrected chi connectivity index (χ2v) is 6.15. The monoisotopic (exact) mass is 433 g/mol. The number of carboxylic acid groups (broad SMARTS) is 1. The van der Waals surface area contributed by atoms with Crippen molar-refractivity contribution in [3.05, 3.63) is 90.0 Å². The number of aromatic nitrogens is 1. The number of benzene rings is 3. The third-order valence-electron chi connectivity index (χ3n) is 4.47. The molecule has 170 valence electrons. The van der Waals surface area contributed by atoms with Gasteiger partial charge in [-0.15, -0.1) is 0 Å². The third kappa shape index (κ3) is 6.81. The second-order valence-electron chi connectivity index (χ2n) is 6.15. The number of carbonyl (C=O) groups is 1. The summed E-state index contributed by atoms with van der Waals surface area (Å²) in [6.45, 7) is 12.0. The van der Waals surface area contributed by atoms with Crippen LogP contribution >= 0.6 is 0 Å². The van der Waals surface area contributed by atoms with E-state index in [2.05, 4.69) is 4.98 Å². The second kappa shape index (κ2) is 14.6. The largest absolute Gasteiger partial charge is 0.481 e. The van der Waals surface area contributed by atoms with Gasteiger partial charge in [0, 0.05) is 5.56 Å². The van der Waals surface area contributed by atoms with Crippen molar-refractivity contribution in [2.24, 2.45) is 0 Å². The number of carboxylic acids is 1. The van der Waals surface area contributed by atoms with Crippen LogP contribution in [0.2, 0.25) is 0 Å². The van der Waals surface area contributed by atoms with E-state index < -0.39 is 11.9 Å². The van der Waals surface area contributed by atoms with Crippen LogP contribution in [0.4, 0.5) is 0 Å². The maximum Gasteiger partial charge on any atom is 0.311 e. The Morgan fingerprint density at radius 2 is 1.38 bits per heavy atom. The minimum atomic E-state index is -0.844. The van der Waals surface area contributed by atoms with Crippen LogP contribution in [0.15, 0.2) is 83.3 Å². The lowest BCUT2D eigenvalue weighted by Crippen LogP contribution is -2.14. The number of hydrogen-bond donors (Lipinski definition) is 1. The fourth-order valence-corrected chi connectivity index (χ4v) is 3.15. The molecule has 0 saturated heterocycles. The molecule has 1 aromatic heterocycles. The zero-order valence-corrected chi connectivity index (χ0v) is 20.0. The molecule has 1 unspecified atom stereocenters. The van der Waals surface area contributed by atoms with Crippen molar-refractivity contribution in [1.29, 1.82) is 0 Å². The van der Waals surface area contributed by atoms with E-state index in [0.717, 1.165) is 27.8 Å². The van der Waals surface area contributed by atoms with Crippen LogP contribution in [0, 0.1) is 0 Å². The molecule has 32 heavy (non-hydrogen) atoms. The third-order valence-corrected chi connectivity index (χ3v) is 4.47. The molecule has 0 spiro atoms. The standard InChI is InChI=1S/C22H17NO3.3C2H6/c24-22(25)18(15-8-2-1-3-9-15)14-16-10-4-5-11-17(16)21-23-19-12-6-7-13-20(19)26-21;3*1-2/h1-13,18H,14H2,(H,24,25);3*1-2H3. The highest BCUT2D eigenvalue weighted by atomic mass is 16.4. The van der Waals surface area contributed by atoms with Gasteiger partial charge in [0.2, 0.25) is 5.89 Å². The molecule has 4 aromatic rings. The van der Waals surface area contributed by atoms with Crippen LogP contribution in [0.5, 0.6) is 0 Å². The smallest absolute Gasteiger partial charge is 0.311 e. The van der Waals surface area contributed by atoms with Crippen LogP contribution in [-0.4, -0.2) is 16.1 Å². The van der Waals surface area contributed by atoms with Gasteiger partial charge in [0.25, 0.3) is 0 Å². The van der Waals surface area contributed by atoms with Crippen molar-refractivity contribution in [3.63, 3.8) is 0 Å². The zero-order valence-electron chi connectivity index (χ0n) is 20.0. The van der Waals surface area contributed by atoms with Gasteiger partial charge in [-0.3, -0.25) is 4.79 Å². The Bertz CT molecular complexity index is 1020. The summed E-state index contributed by atoms with van der Waals surface area (Å²) in [5.41, 5.74) is 4.01. The van der Waals surface area contributed by atoms with Crippen molar-refractivity contribution in [1.82, 2.24) is 4.98 Å². The SMILES string of the molecule is CC.CC.CC.O=C(O)C(Cc1ccccc1-c1nc2ccccc2o1)c1ccccc1. The molecule has 0 aliphatic carbocycles. The number of hydrogen-bond acceptors (Lipinski definition) is 3. The summed E-state index contributed by atoms with van der Waals surface area (Å²) in [6.07, 6.45) is 0.369. The number of oxazole rings is 1. The number of para-hydroxylation sites is 2. The van der Waals surface area contributed by atoms with E-state index >= 15 is 0 Å². The molecule has 0 aliphatic rings. The summed E-state index contributed by atoms with van der Waals surface area (Å²) >= 11 is 0. The molecular weight excluding hydrogens is 398 g/mol. The Kier molecular flexibility index (Phi) is 12.1. The van der Waals surface area contributed by atoms with E-state index in [9.17, 15) is 9.90 Å². The van der Waals surface area contributed by atoms with Gasteiger partial charge >= 0.3 is 5.97 Å². The topological polar surface area (TPSA) is 63.3 Å². The van der Waals surface area contributed by atoms with Crippen LogP contribution in [0.3, 0.4) is 0 Å². The molecule has 1 heterocycles. The van der Waals surface area contributed by atoms with Gasteiger partial charge in [-0.25, -0.2) is 4.98 Å². The van der Waals surface area contributed by atoms with Gasteiger partial charge < -0.3 is 9.52 Å². The number of rotatable bonds is 5. The first kappa shape index (κ1) is 26.6. The summed E-state index contributed by atoms with van der Waals surface area (Å²) in [5, 5.41) is 9.72. The Balaban J connectivity index is 0.000000789. The predicted octanol–water partition coefficient (Wildman–Crippen LogP) is 7.98. The molecule has 0 amide bonds. The van der Waals surface area contributed by atoms with E-state index in [1.54, 1.807) is 0 Å². The molecular formula is C28H35NO3. The van der Waals surface area contributed by atoms with E-state index in [1.165, 1.54) is 0 Å². The normalized spacial score (nSPS) is 10.4. The highest BCUT2D eigenvalue weighted by molar-refractivity contribution is 5.79. The molecule has 0 aliphatic heterocycles. The predicted molar refractivity (Wildman–Crippen MR) is 134 cm³/mol. The maximum absolute atomic E-state index is 11.9. The number of fused-ring (bicyclic) bond motifs is 1. The molecule has 0 saturated carbocycles. The van der Waals surface area contributed by atoms with E-state index in [4.69, 9.17) is 4.42 Å². The van der Waals surface area contributed by atoms with Crippen LogP contribution < -0.4 is 0 Å².